The Hall–Kier alpha value is -2.13. The van der Waals surface area contributed by atoms with Gasteiger partial charge in [0, 0.05) is 18.1 Å². The number of rotatable bonds is 7. The highest BCUT2D eigenvalue weighted by Crippen LogP contribution is 2.27. The summed E-state index contributed by atoms with van der Waals surface area (Å²) in [4.78, 5) is 12.8. The van der Waals surface area contributed by atoms with Gasteiger partial charge in [-0.3, -0.25) is 4.79 Å². The van der Waals surface area contributed by atoms with Crippen LogP contribution in [-0.2, 0) is 0 Å². The number of ether oxygens (including phenoxy) is 1. The van der Waals surface area contributed by atoms with E-state index in [1.165, 1.54) is 0 Å². The average Bonchev–Trinajstić information content (AvgIpc) is 2.56. The number of benzene rings is 2. The summed E-state index contributed by atoms with van der Waals surface area (Å²) in [5.41, 5.74) is 1.62. The minimum Gasteiger partial charge on any atom is -0.497 e. The van der Waals surface area contributed by atoms with E-state index in [4.69, 9.17) is 9.84 Å². The lowest BCUT2D eigenvalue weighted by Crippen LogP contribution is -2.14. The second-order valence-electron chi connectivity index (χ2n) is 4.93. The van der Waals surface area contributed by atoms with Gasteiger partial charge in [-0.2, -0.15) is 0 Å². The molecule has 0 aliphatic carbocycles. The van der Waals surface area contributed by atoms with Crippen LogP contribution in [0.5, 0.6) is 5.75 Å². The van der Waals surface area contributed by atoms with E-state index in [0.717, 1.165) is 5.56 Å². The molecular weight excluding hydrogens is 264 g/mol. The maximum atomic E-state index is 12.8. The Bertz CT molecular complexity index is 578. The van der Waals surface area contributed by atoms with Crippen molar-refractivity contribution in [3.05, 3.63) is 65.7 Å². The van der Waals surface area contributed by atoms with Crippen molar-refractivity contribution in [2.75, 3.05) is 13.7 Å². The number of ketones is 1. The van der Waals surface area contributed by atoms with Gasteiger partial charge in [0.25, 0.3) is 0 Å². The predicted molar refractivity (Wildman–Crippen MR) is 82.8 cm³/mol. The first-order chi connectivity index (χ1) is 10.3. The Morgan fingerprint density at radius 2 is 1.90 bits per heavy atom. The largest absolute Gasteiger partial charge is 0.497 e. The van der Waals surface area contributed by atoms with Gasteiger partial charge in [-0.05, 0) is 30.5 Å². The summed E-state index contributed by atoms with van der Waals surface area (Å²) >= 11 is 0. The van der Waals surface area contributed by atoms with E-state index in [0.29, 0.717) is 24.2 Å². The molecule has 21 heavy (non-hydrogen) atoms. The van der Waals surface area contributed by atoms with Gasteiger partial charge >= 0.3 is 0 Å². The van der Waals surface area contributed by atoms with E-state index in [9.17, 15) is 4.79 Å². The molecule has 3 nitrogen and oxygen atoms in total. The SMILES string of the molecule is COc1cccc(C(=O)C(CCCO)c2ccccc2)c1. The quantitative estimate of drug-likeness (QED) is 0.792. The van der Waals surface area contributed by atoms with Crippen LogP contribution in [0.2, 0.25) is 0 Å². The lowest BCUT2D eigenvalue weighted by molar-refractivity contribution is 0.0951. The third kappa shape index (κ3) is 3.92. The molecular formula is C18H20O3. The van der Waals surface area contributed by atoms with Crippen molar-refractivity contribution < 1.29 is 14.6 Å². The van der Waals surface area contributed by atoms with Crippen LogP contribution in [0.3, 0.4) is 0 Å². The molecule has 0 saturated heterocycles. The zero-order chi connectivity index (χ0) is 15.1. The van der Waals surface area contributed by atoms with Gasteiger partial charge in [-0.15, -0.1) is 0 Å². The number of methoxy groups -OCH3 is 1. The Kier molecular flexibility index (Phi) is 5.52. The highest BCUT2D eigenvalue weighted by atomic mass is 16.5. The molecule has 0 spiro atoms. The van der Waals surface area contributed by atoms with Gasteiger partial charge in [-0.1, -0.05) is 42.5 Å². The van der Waals surface area contributed by atoms with Gasteiger partial charge in [0.2, 0.25) is 0 Å². The molecule has 0 aliphatic heterocycles. The Morgan fingerprint density at radius 1 is 1.14 bits per heavy atom. The first-order valence-electron chi connectivity index (χ1n) is 7.10. The lowest BCUT2D eigenvalue weighted by Gasteiger charge is -2.16. The van der Waals surface area contributed by atoms with E-state index in [-0.39, 0.29) is 18.3 Å². The fourth-order valence-corrected chi connectivity index (χ4v) is 2.41. The van der Waals surface area contributed by atoms with Crippen molar-refractivity contribution in [3.63, 3.8) is 0 Å². The molecule has 0 amide bonds. The number of carbonyl (C=O) groups is 1. The molecule has 0 heterocycles. The van der Waals surface area contributed by atoms with Crippen LogP contribution in [0.25, 0.3) is 0 Å². The van der Waals surface area contributed by atoms with E-state index in [2.05, 4.69) is 0 Å². The summed E-state index contributed by atoms with van der Waals surface area (Å²) in [6.07, 6.45) is 1.24. The molecule has 0 bridgehead atoms. The zero-order valence-corrected chi connectivity index (χ0v) is 12.2. The number of hydrogen-bond acceptors (Lipinski definition) is 3. The number of Topliss-reactive ketones (excluding diaryl/α,β-unsaturated/α-hetero) is 1. The van der Waals surface area contributed by atoms with Crippen LogP contribution < -0.4 is 4.74 Å². The number of carbonyl (C=O) groups excluding carboxylic acids is 1. The van der Waals surface area contributed by atoms with Crippen molar-refractivity contribution in [1.29, 1.82) is 0 Å². The number of hydrogen-bond donors (Lipinski definition) is 1. The molecule has 3 heteroatoms. The maximum Gasteiger partial charge on any atom is 0.170 e. The van der Waals surface area contributed by atoms with Gasteiger partial charge in [0.05, 0.1) is 7.11 Å². The second kappa shape index (κ2) is 7.60. The summed E-state index contributed by atoms with van der Waals surface area (Å²) < 4.78 is 5.18. The lowest BCUT2D eigenvalue weighted by atomic mass is 9.87. The normalized spacial score (nSPS) is 11.9. The Balaban J connectivity index is 2.29. The molecule has 0 fully saturated rings. The molecule has 2 aromatic carbocycles. The summed E-state index contributed by atoms with van der Waals surface area (Å²) in [6, 6.07) is 16.9. The first kappa shape index (κ1) is 15.3. The Labute approximate surface area is 125 Å². The molecule has 110 valence electrons. The van der Waals surface area contributed by atoms with Crippen LogP contribution >= 0.6 is 0 Å². The van der Waals surface area contributed by atoms with E-state index in [1.54, 1.807) is 19.2 Å². The van der Waals surface area contributed by atoms with Crippen LogP contribution in [0.1, 0.15) is 34.7 Å². The second-order valence-corrected chi connectivity index (χ2v) is 4.93. The number of aliphatic hydroxyl groups is 1. The van der Waals surface area contributed by atoms with Gasteiger partial charge < -0.3 is 9.84 Å². The highest BCUT2D eigenvalue weighted by Gasteiger charge is 2.21. The minimum atomic E-state index is -0.231. The summed E-state index contributed by atoms with van der Waals surface area (Å²) in [5, 5.41) is 9.07. The fourth-order valence-electron chi connectivity index (χ4n) is 2.41. The molecule has 2 rings (SSSR count). The molecule has 0 aromatic heterocycles. The third-order valence-electron chi connectivity index (χ3n) is 3.52. The van der Waals surface area contributed by atoms with Gasteiger partial charge in [0.15, 0.2) is 5.78 Å². The molecule has 0 radical (unpaired) electrons. The van der Waals surface area contributed by atoms with Gasteiger partial charge in [-0.25, -0.2) is 0 Å². The van der Waals surface area contributed by atoms with Crippen molar-refractivity contribution >= 4 is 5.78 Å². The van der Waals surface area contributed by atoms with E-state index >= 15 is 0 Å². The average molecular weight is 284 g/mol. The monoisotopic (exact) mass is 284 g/mol. The topological polar surface area (TPSA) is 46.5 Å². The molecule has 1 unspecified atom stereocenters. The minimum absolute atomic E-state index is 0.0635. The number of aliphatic hydroxyl groups excluding tert-OH is 1. The van der Waals surface area contributed by atoms with Crippen LogP contribution in [0.15, 0.2) is 54.6 Å². The van der Waals surface area contributed by atoms with Crippen LogP contribution in [0.4, 0.5) is 0 Å². The zero-order valence-electron chi connectivity index (χ0n) is 12.2. The predicted octanol–water partition coefficient (Wildman–Crippen LogP) is 3.43. The maximum absolute atomic E-state index is 12.8. The van der Waals surface area contributed by atoms with Crippen LogP contribution in [-0.4, -0.2) is 24.6 Å². The van der Waals surface area contributed by atoms with E-state index in [1.807, 2.05) is 42.5 Å². The fraction of sp³-hybridized carbons (Fsp3) is 0.278. The first-order valence-corrected chi connectivity index (χ1v) is 7.10. The summed E-state index contributed by atoms with van der Waals surface area (Å²) in [7, 11) is 1.59. The summed E-state index contributed by atoms with van der Waals surface area (Å²) in [5.74, 6) is 0.508. The summed E-state index contributed by atoms with van der Waals surface area (Å²) in [6.45, 7) is 0.0920. The van der Waals surface area contributed by atoms with Crippen molar-refractivity contribution in [2.45, 2.75) is 18.8 Å². The van der Waals surface area contributed by atoms with Crippen molar-refractivity contribution in [3.8, 4) is 5.75 Å². The molecule has 1 atom stereocenters. The Morgan fingerprint density at radius 3 is 2.57 bits per heavy atom. The molecule has 1 N–H and O–H groups in total. The van der Waals surface area contributed by atoms with E-state index < -0.39 is 0 Å². The molecule has 0 aliphatic rings. The van der Waals surface area contributed by atoms with Gasteiger partial charge in [0.1, 0.15) is 5.75 Å². The third-order valence-corrected chi connectivity index (χ3v) is 3.52. The molecule has 0 saturated carbocycles. The molecule has 2 aromatic rings. The van der Waals surface area contributed by atoms with Crippen LogP contribution in [0, 0.1) is 0 Å². The highest BCUT2D eigenvalue weighted by molar-refractivity contribution is 6.01. The smallest absolute Gasteiger partial charge is 0.170 e. The van der Waals surface area contributed by atoms with Crippen molar-refractivity contribution in [1.82, 2.24) is 0 Å². The van der Waals surface area contributed by atoms with Crippen molar-refractivity contribution in [2.24, 2.45) is 0 Å². The standard InChI is InChI=1S/C18H20O3/c1-21-16-10-5-9-15(13-16)18(20)17(11-6-12-19)14-7-3-2-4-8-14/h2-5,7-10,13,17,19H,6,11-12H2,1H3.